The highest BCUT2D eigenvalue weighted by Crippen LogP contribution is 1.90. The Kier molecular flexibility index (Phi) is 7.35. The molecule has 0 heterocycles. The molecule has 0 aliphatic carbocycles. The first-order valence-corrected chi connectivity index (χ1v) is 4.19. The van der Waals surface area contributed by atoms with Gasteiger partial charge in [0.15, 0.2) is 0 Å². The van der Waals surface area contributed by atoms with E-state index in [2.05, 4.69) is 0 Å². The van der Waals surface area contributed by atoms with Crippen molar-refractivity contribution < 1.29 is 19.6 Å². The highest BCUT2D eigenvalue weighted by atomic mass is 16.6. The minimum absolute atomic E-state index is 0.0820. The quantitative estimate of drug-likeness (QED) is 0.271. The molecule has 0 aromatic carbocycles. The standard InChI is InChI=1S/C8H13NO5/c10-8(11)4-3-7-14-6-2-1-5-9(12)13/h1-2H,3-7H2,(H,10,11)/b2-1-. The Morgan fingerprint density at radius 2 is 2.21 bits per heavy atom. The van der Waals surface area contributed by atoms with Crippen molar-refractivity contribution >= 4 is 5.97 Å². The first-order valence-electron chi connectivity index (χ1n) is 4.19. The molecule has 6 heteroatoms. The van der Waals surface area contributed by atoms with Gasteiger partial charge in [-0.25, -0.2) is 0 Å². The van der Waals surface area contributed by atoms with Gasteiger partial charge < -0.3 is 9.84 Å². The van der Waals surface area contributed by atoms with E-state index in [9.17, 15) is 14.9 Å². The molecule has 1 N–H and O–H groups in total. The maximum Gasteiger partial charge on any atom is 0.303 e. The van der Waals surface area contributed by atoms with E-state index in [-0.39, 0.29) is 19.6 Å². The molecule has 0 aliphatic heterocycles. The van der Waals surface area contributed by atoms with Gasteiger partial charge in [0, 0.05) is 18.0 Å². The van der Waals surface area contributed by atoms with Crippen LogP contribution in [0.2, 0.25) is 0 Å². The Labute approximate surface area is 81.3 Å². The summed E-state index contributed by atoms with van der Waals surface area (Å²) in [6, 6.07) is 0. The molecular weight excluding hydrogens is 190 g/mol. The molecule has 0 radical (unpaired) electrons. The molecule has 0 aromatic heterocycles. The van der Waals surface area contributed by atoms with Crippen LogP contribution in [-0.4, -0.2) is 35.8 Å². The molecule has 0 bridgehead atoms. The summed E-state index contributed by atoms with van der Waals surface area (Å²) in [5, 5.41) is 18.1. The van der Waals surface area contributed by atoms with Crippen molar-refractivity contribution in [3.8, 4) is 0 Å². The number of carboxylic acid groups (broad SMARTS) is 1. The number of nitrogens with zero attached hydrogens (tertiary/aromatic N) is 1. The summed E-state index contributed by atoms with van der Waals surface area (Å²) in [6.45, 7) is 0.432. The number of rotatable bonds is 8. The summed E-state index contributed by atoms with van der Waals surface area (Å²) in [5.41, 5.74) is 0. The Hall–Kier alpha value is -1.43. The van der Waals surface area contributed by atoms with Crippen LogP contribution in [0.3, 0.4) is 0 Å². The van der Waals surface area contributed by atoms with Crippen LogP contribution in [0.4, 0.5) is 0 Å². The average Bonchev–Trinajstić information content (AvgIpc) is 2.08. The fraction of sp³-hybridized carbons (Fsp3) is 0.625. The maximum absolute atomic E-state index is 10.1. The third kappa shape index (κ3) is 10.6. The van der Waals surface area contributed by atoms with Gasteiger partial charge in [-0.1, -0.05) is 6.08 Å². The molecule has 0 unspecified atom stereocenters. The summed E-state index contributed by atoms with van der Waals surface area (Å²) in [6.07, 6.45) is 3.48. The topological polar surface area (TPSA) is 89.7 Å². The van der Waals surface area contributed by atoms with Gasteiger partial charge in [0.1, 0.15) is 0 Å². The van der Waals surface area contributed by atoms with Gasteiger partial charge in [0.2, 0.25) is 6.54 Å². The molecule has 0 saturated heterocycles. The van der Waals surface area contributed by atoms with Crippen LogP contribution in [0.1, 0.15) is 12.8 Å². The van der Waals surface area contributed by atoms with Gasteiger partial charge in [-0.3, -0.25) is 14.9 Å². The maximum atomic E-state index is 10.1. The average molecular weight is 203 g/mol. The highest BCUT2D eigenvalue weighted by Gasteiger charge is 1.95. The van der Waals surface area contributed by atoms with Gasteiger partial charge in [-0.15, -0.1) is 0 Å². The lowest BCUT2D eigenvalue weighted by molar-refractivity contribution is -0.468. The summed E-state index contributed by atoms with van der Waals surface area (Å²) >= 11 is 0. The van der Waals surface area contributed by atoms with Crippen LogP contribution in [0.15, 0.2) is 12.2 Å². The normalized spacial score (nSPS) is 10.6. The summed E-state index contributed by atoms with van der Waals surface area (Å²) < 4.78 is 4.99. The molecular formula is C8H13NO5. The Bertz CT molecular complexity index is 214. The monoisotopic (exact) mass is 203 g/mol. The number of ether oxygens (including phenoxy) is 1. The lowest BCUT2D eigenvalue weighted by Crippen LogP contribution is -2.00. The van der Waals surface area contributed by atoms with Crippen molar-refractivity contribution in [1.82, 2.24) is 0 Å². The van der Waals surface area contributed by atoms with Crippen LogP contribution in [0, 0.1) is 10.1 Å². The number of aliphatic carboxylic acids is 1. The Morgan fingerprint density at radius 3 is 2.79 bits per heavy atom. The Balaban J connectivity index is 3.17. The van der Waals surface area contributed by atoms with E-state index in [1.807, 2.05) is 0 Å². The largest absolute Gasteiger partial charge is 0.481 e. The summed E-state index contributed by atoms with van der Waals surface area (Å²) in [5.74, 6) is -0.850. The molecule has 14 heavy (non-hydrogen) atoms. The molecule has 0 amide bonds. The van der Waals surface area contributed by atoms with Crippen molar-refractivity contribution in [2.45, 2.75) is 12.8 Å². The van der Waals surface area contributed by atoms with Crippen LogP contribution in [0.5, 0.6) is 0 Å². The van der Waals surface area contributed by atoms with E-state index in [0.29, 0.717) is 13.0 Å². The van der Waals surface area contributed by atoms with Gasteiger partial charge in [0.25, 0.3) is 0 Å². The van der Waals surface area contributed by atoms with E-state index in [4.69, 9.17) is 9.84 Å². The zero-order valence-electron chi connectivity index (χ0n) is 7.72. The molecule has 0 saturated carbocycles. The van der Waals surface area contributed by atoms with Crippen LogP contribution >= 0.6 is 0 Å². The molecule has 80 valence electrons. The van der Waals surface area contributed by atoms with E-state index in [1.165, 1.54) is 6.08 Å². The summed E-state index contributed by atoms with van der Waals surface area (Å²) in [4.78, 5) is 19.5. The van der Waals surface area contributed by atoms with Gasteiger partial charge >= 0.3 is 5.97 Å². The van der Waals surface area contributed by atoms with Crippen LogP contribution in [0.25, 0.3) is 0 Å². The number of hydrogen-bond donors (Lipinski definition) is 1. The number of carboxylic acids is 1. The molecule has 0 aromatic rings. The van der Waals surface area contributed by atoms with E-state index < -0.39 is 10.9 Å². The second kappa shape index (κ2) is 8.18. The fourth-order valence-corrected chi connectivity index (χ4v) is 0.705. The lowest BCUT2D eigenvalue weighted by atomic mass is 10.3. The van der Waals surface area contributed by atoms with E-state index in [0.717, 1.165) is 0 Å². The number of nitro groups is 1. The molecule has 0 fully saturated rings. The fourth-order valence-electron chi connectivity index (χ4n) is 0.705. The molecule has 0 atom stereocenters. The van der Waals surface area contributed by atoms with Crippen molar-refractivity contribution in [2.75, 3.05) is 19.8 Å². The van der Waals surface area contributed by atoms with Gasteiger partial charge in [-0.05, 0) is 12.5 Å². The van der Waals surface area contributed by atoms with Crippen molar-refractivity contribution in [3.63, 3.8) is 0 Å². The van der Waals surface area contributed by atoms with Crippen LogP contribution in [-0.2, 0) is 9.53 Å². The minimum atomic E-state index is -0.850. The third-order valence-corrected chi connectivity index (χ3v) is 1.31. The first kappa shape index (κ1) is 12.6. The lowest BCUT2D eigenvalue weighted by Gasteiger charge is -1.97. The minimum Gasteiger partial charge on any atom is -0.481 e. The molecule has 0 rings (SSSR count). The van der Waals surface area contributed by atoms with Crippen molar-refractivity contribution in [2.24, 2.45) is 0 Å². The molecule has 0 aliphatic rings. The Morgan fingerprint density at radius 1 is 1.50 bits per heavy atom. The smallest absolute Gasteiger partial charge is 0.303 e. The predicted octanol–water partition coefficient (Wildman–Crippen LogP) is 0.701. The second-order valence-electron chi connectivity index (χ2n) is 2.56. The van der Waals surface area contributed by atoms with Gasteiger partial charge in [-0.2, -0.15) is 0 Å². The predicted molar refractivity (Wildman–Crippen MR) is 48.7 cm³/mol. The van der Waals surface area contributed by atoms with Gasteiger partial charge in [0.05, 0.1) is 6.61 Å². The van der Waals surface area contributed by atoms with E-state index >= 15 is 0 Å². The molecule has 6 nitrogen and oxygen atoms in total. The highest BCUT2D eigenvalue weighted by molar-refractivity contribution is 5.66. The van der Waals surface area contributed by atoms with Crippen molar-refractivity contribution in [3.05, 3.63) is 22.3 Å². The first-order chi connectivity index (χ1) is 6.63. The zero-order valence-corrected chi connectivity index (χ0v) is 7.72. The number of hydrogen-bond acceptors (Lipinski definition) is 4. The number of carbonyl (C=O) groups is 1. The zero-order chi connectivity index (χ0) is 10.8. The van der Waals surface area contributed by atoms with Crippen molar-refractivity contribution in [1.29, 1.82) is 0 Å². The summed E-state index contributed by atoms with van der Waals surface area (Å²) in [7, 11) is 0. The third-order valence-electron chi connectivity index (χ3n) is 1.31. The molecule has 0 spiro atoms. The van der Waals surface area contributed by atoms with E-state index in [1.54, 1.807) is 6.08 Å². The van der Waals surface area contributed by atoms with Crippen LogP contribution < -0.4 is 0 Å². The SMILES string of the molecule is O=C(O)CCCOC/C=C\C[N+](=O)[O-]. The second-order valence-corrected chi connectivity index (χ2v) is 2.56.